The zero-order valence-corrected chi connectivity index (χ0v) is 11.6. The van der Waals surface area contributed by atoms with Crippen molar-refractivity contribution in [2.75, 3.05) is 32.7 Å². The van der Waals surface area contributed by atoms with Crippen molar-refractivity contribution in [3.63, 3.8) is 0 Å². The molecule has 2 saturated heterocycles. The third-order valence-electron chi connectivity index (χ3n) is 4.30. The fraction of sp³-hybridized carbons (Fsp3) is 0.929. The van der Waals surface area contributed by atoms with Crippen LogP contribution in [0.4, 0.5) is 0 Å². The Labute approximate surface area is 110 Å². The van der Waals surface area contributed by atoms with Crippen molar-refractivity contribution in [2.45, 2.75) is 45.1 Å². The number of carbonyl (C=O) groups excluding carboxylic acids is 1. The van der Waals surface area contributed by atoms with Crippen molar-refractivity contribution >= 4 is 5.91 Å². The van der Waals surface area contributed by atoms with E-state index in [-0.39, 0.29) is 11.8 Å². The van der Waals surface area contributed by atoms with Gasteiger partial charge in [0, 0.05) is 18.5 Å². The van der Waals surface area contributed by atoms with Crippen LogP contribution >= 0.6 is 0 Å². The Morgan fingerprint density at radius 2 is 1.94 bits per heavy atom. The van der Waals surface area contributed by atoms with Crippen molar-refractivity contribution in [1.29, 1.82) is 0 Å². The average molecular weight is 253 g/mol. The summed E-state index contributed by atoms with van der Waals surface area (Å²) in [5.41, 5.74) is 0. The molecule has 2 rings (SSSR count). The molecule has 1 amide bonds. The molecular weight excluding hydrogens is 226 g/mol. The van der Waals surface area contributed by atoms with Gasteiger partial charge < -0.3 is 10.6 Å². The lowest BCUT2D eigenvalue weighted by Crippen LogP contribution is -2.46. The highest BCUT2D eigenvalue weighted by molar-refractivity contribution is 5.78. The number of amides is 1. The van der Waals surface area contributed by atoms with Crippen LogP contribution in [-0.4, -0.2) is 49.6 Å². The second kappa shape index (κ2) is 7.10. The van der Waals surface area contributed by atoms with Crippen LogP contribution in [0.3, 0.4) is 0 Å². The summed E-state index contributed by atoms with van der Waals surface area (Å²) in [6, 6.07) is 0.482. The lowest BCUT2D eigenvalue weighted by molar-refractivity contribution is -0.126. The van der Waals surface area contributed by atoms with E-state index in [1.165, 1.54) is 32.4 Å². The molecule has 2 heterocycles. The van der Waals surface area contributed by atoms with Gasteiger partial charge in [-0.05, 0) is 58.8 Å². The van der Waals surface area contributed by atoms with Crippen LogP contribution in [0.2, 0.25) is 0 Å². The minimum Gasteiger partial charge on any atom is -0.354 e. The maximum Gasteiger partial charge on any atom is 0.223 e. The first-order valence-electron chi connectivity index (χ1n) is 7.50. The second-order valence-electron chi connectivity index (χ2n) is 5.72. The molecule has 0 aromatic carbocycles. The van der Waals surface area contributed by atoms with Gasteiger partial charge in [-0.3, -0.25) is 9.69 Å². The van der Waals surface area contributed by atoms with Gasteiger partial charge in [-0.1, -0.05) is 6.42 Å². The maximum absolute atomic E-state index is 12.0. The van der Waals surface area contributed by atoms with Gasteiger partial charge in [0.15, 0.2) is 0 Å². The highest BCUT2D eigenvalue weighted by Gasteiger charge is 2.22. The second-order valence-corrected chi connectivity index (χ2v) is 5.72. The van der Waals surface area contributed by atoms with E-state index in [9.17, 15) is 4.79 Å². The molecule has 0 aromatic heterocycles. The maximum atomic E-state index is 12.0. The summed E-state index contributed by atoms with van der Waals surface area (Å²) in [6.45, 7) is 7.41. The van der Waals surface area contributed by atoms with Gasteiger partial charge in [-0.25, -0.2) is 0 Å². The first kappa shape index (κ1) is 13.8. The van der Waals surface area contributed by atoms with Crippen LogP contribution in [0.25, 0.3) is 0 Å². The van der Waals surface area contributed by atoms with Crippen molar-refractivity contribution in [2.24, 2.45) is 5.92 Å². The van der Waals surface area contributed by atoms with Crippen LogP contribution in [0.5, 0.6) is 0 Å². The third-order valence-corrected chi connectivity index (χ3v) is 4.30. The summed E-state index contributed by atoms with van der Waals surface area (Å²) in [4.78, 5) is 14.5. The summed E-state index contributed by atoms with van der Waals surface area (Å²) in [5, 5.41) is 6.44. The molecule has 1 atom stereocenters. The first-order valence-corrected chi connectivity index (χ1v) is 7.50. The predicted molar refractivity (Wildman–Crippen MR) is 73.5 cm³/mol. The predicted octanol–water partition coefficient (Wildman–Crippen LogP) is 0.977. The lowest BCUT2D eigenvalue weighted by Gasteiger charge is -2.33. The van der Waals surface area contributed by atoms with E-state index in [0.717, 1.165) is 32.5 Å². The number of piperidine rings is 2. The Balaban J connectivity index is 1.67. The number of hydrogen-bond donors (Lipinski definition) is 2. The lowest BCUT2D eigenvalue weighted by atomic mass is 9.97. The number of carbonyl (C=O) groups is 1. The van der Waals surface area contributed by atoms with Gasteiger partial charge in [-0.15, -0.1) is 0 Å². The van der Waals surface area contributed by atoms with Gasteiger partial charge in [0.05, 0.1) is 0 Å². The van der Waals surface area contributed by atoms with Gasteiger partial charge in [0.1, 0.15) is 0 Å². The summed E-state index contributed by atoms with van der Waals surface area (Å²) in [6.07, 6.45) is 5.97. The van der Waals surface area contributed by atoms with E-state index in [1.54, 1.807) is 0 Å². The van der Waals surface area contributed by atoms with Crippen molar-refractivity contribution in [3.8, 4) is 0 Å². The zero-order valence-electron chi connectivity index (χ0n) is 11.6. The molecular formula is C14H27N3O. The molecule has 18 heavy (non-hydrogen) atoms. The number of hydrogen-bond acceptors (Lipinski definition) is 3. The standard InChI is InChI=1S/C14H27N3O/c1-12(17-9-3-2-4-10-17)11-16-14(18)13-5-7-15-8-6-13/h12-13,15H,2-11H2,1H3,(H,16,18). The molecule has 2 aliphatic rings. The minimum atomic E-state index is 0.236. The smallest absolute Gasteiger partial charge is 0.223 e. The fourth-order valence-electron chi connectivity index (χ4n) is 2.96. The molecule has 2 N–H and O–H groups in total. The molecule has 0 aromatic rings. The van der Waals surface area contributed by atoms with Crippen molar-refractivity contribution in [3.05, 3.63) is 0 Å². The Kier molecular flexibility index (Phi) is 5.45. The summed E-state index contributed by atoms with van der Waals surface area (Å²) in [7, 11) is 0. The summed E-state index contributed by atoms with van der Waals surface area (Å²) < 4.78 is 0. The van der Waals surface area contributed by atoms with Gasteiger partial charge in [-0.2, -0.15) is 0 Å². The molecule has 2 fully saturated rings. The molecule has 0 spiro atoms. The van der Waals surface area contributed by atoms with E-state index in [1.807, 2.05) is 0 Å². The SMILES string of the molecule is CC(CNC(=O)C1CCNCC1)N1CCCCC1. The normalized spacial score (nSPS) is 24.7. The van der Waals surface area contributed by atoms with Crippen molar-refractivity contribution < 1.29 is 4.79 Å². The molecule has 0 aliphatic carbocycles. The van der Waals surface area contributed by atoms with E-state index in [2.05, 4.69) is 22.5 Å². The van der Waals surface area contributed by atoms with Crippen molar-refractivity contribution in [1.82, 2.24) is 15.5 Å². The quantitative estimate of drug-likeness (QED) is 0.785. The average Bonchev–Trinajstić information content (AvgIpc) is 2.46. The molecule has 0 radical (unpaired) electrons. The highest BCUT2D eigenvalue weighted by atomic mass is 16.1. The largest absolute Gasteiger partial charge is 0.354 e. The van der Waals surface area contributed by atoms with E-state index in [4.69, 9.17) is 0 Å². The fourth-order valence-corrected chi connectivity index (χ4v) is 2.96. The van der Waals surface area contributed by atoms with Crippen LogP contribution < -0.4 is 10.6 Å². The number of nitrogens with one attached hydrogen (secondary N) is 2. The zero-order chi connectivity index (χ0) is 12.8. The van der Waals surface area contributed by atoms with Gasteiger partial charge >= 0.3 is 0 Å². The Bertz CT molecular complexity index is 258. The number of rotatable bonds is 4. The molecule has 1 unspecified atom stereocenters. The molecule has 0 bridgehead atoms. The van der Waals surface area contributed by atoms with Crippen LogP contribution in [0.15, 0.2) is 0 Å². The molecule has 4 nitrogen and oxygen atoms in total. The van der Waals surface area contributed by atoms with Crippen LogP contribution in [-0.2, 0) is 4.79 Å². The van der Waals surface area contributed by atoms with E-state index >= 15 is 0 Å². The van der Waals surface area contributed by atoms with Gasteiger partial charge in [0.2, 0.25) is 5.91 Å². The highest BCUT2D eigenvalue weighted by Crippen LogP contribution is 2.13. The van der Waals surface area contributed by atoms with Crippen LogP contribution in [0.1, 0.15) is 39.0 Å². The van der Waals surface area contributed by atoms with Gasteiger partial charge in [0.25, 0.3) is 0 Å². The summed E-state index contributed by atoms with van der Waals surface area (Å²) in [5.74, 6) is 0.500. The molecule has 2 aliphatic heterocycles. The Hall–Kier alpha value is -0.610. The van der Waals surface area contributed by atoms with E-state index < -0.39 is 0 Å². The topological polar surface area (TPSA) is 44.4 Å². The summed E-state index contributed by atoms with van der Waals surface area (Å²) >= 11 is 0. The minimum absolute atomic E-state index is 0.236. The Morgan fingerprint density at radius 3 is 2.61 bits per heavy atom. The third kappa shape index (κ3) is 3.95. The number of likely N-dealkylation sites (tertiary alicyclic amines) is 1. The molecule has 0 saturated carbocycles. The molecule has 4 heteroatoms. The van der Waals surface area contributed by atoms with Crippen LogP contribution in [0, 0.1) is 5.92 Å². The Morgan fingerprint density at radius 1 is 1.28 bits per heavy atom. The number of nitrogens with zero attached hydrogens (tertiary/aromatic N) is 1. The first-order chi connectivity index (χ1) is 8.77. The molecule has 104 valence electrons. The van der Waals surface area contributed by atoms with E-state index in [0.29, 0.717) is 6.04 Å². The monoisotopic (exact) mass is 253 g/mol.